The van der Waals surface area contributed by atoms with Crippen molar-refractivity contribution in [1.82, 2.24) is 20.1 Å². The zero-order chi connectivity index (χ0) is 26.1. The molecule has 1 N–H and O–H groups in total. The molecule has 3 aliphatic heterocycles. The number of halogens is 2. The summed E-state index contributed by atoms with van der Waals surface area (Å²) >= 11 is 7.99. The van der Waals surface area contributed by atoms with Gasteiger partial charge in [-0.15, -0.1) is 11.3 Å². The molecule has 37 heavy (non-hydrogen) atoms. The molecule has 2 fully saturated rings. The minimum absolute atomic E-state index is 0.187. The van der Waals surface area contributed by atoms with Crippen molar-refractivity contribution in [2.45, 2.75) is 37.9 Å². The van der Waals surface area contributed by atoms with Gasteiger partial charge in [0.25, 0.3) is 0 Å². The Morgan fingerprint density at radius 2 is 2.19 bits per heavy atom. The number of methoxy groups -OCH3 is 1. The van der Waals surface area contributed by atoms with Gasteiger partial charge in [-0.3, -0.25) is 14.7 Å². The number of aliphatic imine (C=N–C) groups is 1. The van der Waals surface area contributed by atoms with E-state index in [0.29, 0.717) is 49.4 Å². The molecule has 2 saturated heterocycles. The number of rotatable bonds is 5. The third-order valence-electron chi connectivity index (χ3n) is 7.32. The molecule has 0 bridgehead atoms. The van der Waals surface area contributed by atoms with E-state index in [1.807, 2.05) is 17.2 Å². The molecule has 4 heterocycles. The largest absolute Gasteiger partial charge is 0.466 e. The first-order valence-electron chi connectivity index (χ1n) is 12.3. The third kappa shape index (κ3) is 5.34. The van der Waals surface area contributed by atoms with Gasteiger partial charge in [0.2, 0.25) is 5.91 Å². The predicted molar refractivity (Wildman–Crippen MR) is 140 cm³/mol. The summed E-state index contributed by atoms with van der Waals surface area (Å²) in [7, 11) is 1.35. The molecule has 0 spiro atoms. The third-order valence-corrected chi connectivity index (χ3v) is 8.47. The smallest absolute Gasteiger partial charge is 0.336 e. The summed E-state index contributed by atoms with van der Waals surface area (Å²) in [5.41, 5.74) is 2.44. The highest BCUT2D eigenvalue weighted by Crippen LogP contribution is 2.37. The second-order valence-electron chi connectivity index (χ2n) is 9.53. The lowest BCUT2D eigenvalue weighted by Crippen LogP contribution is -2.52. The van der Waals surface area contributed by atoms with Gasteiger partial charge in [-0.1, -0.05) is 17.7 Å². The number of benzene rings is 1. The van der Waals surface area contributed by atoms with Crippen LogP contribution < -0.4 is 5.32 Å². The standard InChI is InChI=1S/C26H29ClFN5O3S/c1-15-19(14-32-8-9-33-17(13-32)4-6-22(33)34)23(26(35)36-2)24(18-5-3-16(28)11-20(18)27)31-21(12-30-15)25-29-7-10-37-25/h3,5,7,10-11,15,17,24,30H,4,6,8-9,12-14H2,1-2H3/t15-,17?,24+/m1/s1. The Morgan fingerprint density at radius 1 is 1.35 bits per heavy atom. The Balaban J connectivity index is 1.61. The Bertz CT molecular complexity index is 1250. The molecule has 11 heteroatoms. The molecule has 3 atom stereocenters. The molecule has 0 saturated carbocycles. The molecular formula is C26H29ClFN5O3S. The Hall–Kier alpha value is -2.66. The summed E-state index contributed by atoms with van der Waals surface area (Å²) in [5.74, 6) is -0.755. The molecule has 5 rings (SSSR count). The number of ether oxygens (including phenoxy) is 1. The first-order chi connectivity index (χ1) is 17.9. The van der Waals surface area contributed by atoms with Gasteiger partial charge >= 0.3 is 5.97 Å². The Morgan fingerprint density at radius 3 is 2.92 bits per heavy atom. The van der Waals surface area contributed by atoms with Crippen LogP contribution in [0.5, 0.6) is 0 Å². The van der Waals surface area contributed by atoms with Gasteiger partial charge < -0.3 is 15.0 Å². The van der Waals surface area contributed by atoms with Crippen molar-refractivity contribution in [3.63, 3.8) is 0 Å². The molecule has 1 unspecified atom stereocenters. The number of piperazine rings is 1. The first-order valence-corrected chi connectivity index (χ1v) is 13.6. The van der Waals surface area contributed by atoms with E-state index in [9.17, 15) is 14.0 Å². The molecule has 0 aliphatic carbocycles. The molecule has 0 radical (unpaired) electrons. The fourth-order valence-electron chi connectivity index (χ4n) is 5.38. The second kappa shape index (κ2) is 11.0. The van der Waals surface area contributed by atoms with Gasteiger partial charge in [0.05, 0.1) is 18.4 Å². The van der Waals surface area contributed by atoms with E-state index < -0.39 is 17.8 Å². The molecule has 3 aliphatic rings. The van der Waals surface area contributed by atoms with Gasteiger partial charge in [-0.2, -0.15) is 0 Å². The molecule has 2 aromatic rings. The second-order valence-corrected chi connectivity index (χ2v) is 10.8. The number of aromatic nitrogens is 1. The van der Waals surface area contributed by atoms with E-state index in [4.69, 9.17) is 21.3 Å². The minimum atomic E-state index is -0.798. The van der Waals surface area contributed by atoms with Crippen molar-refractivity contribution in [2.75, 3.05) is 39.8 Å². The van der Waals surface area contributed by atoms with Gasteiger partial charge in [0.15, 0.2) is 0 Å². The monoisotopic (exact) mass is 545 g/mol. The van der Waals surface area contributed by atoms with E-state index in [-0.39, 0.29) is 23.0 Å². The number of fused-ring (bicyclic) bond motifs is 1. The topological polar surface area (TPSA) is 87.1 Å². The molecule has 1 amide bonds. The van der Waals surface area contributed by atoms with Crippen LogP contribution in [0.1, 0.15) is 36.4 Å². The number of amides is 1. The highest BCUT2D eigenvalue weighted by atomic mass is 35.5. The summed E-state index contributed by atoms with van der Waals surface area (Å²) in [4.78, 5) is 39.3. The van der Waals surface area contributed by atoms with Crippen molar-refractivity contribution >= 4 is 40.5 Å². The van der Waals surface area contributed by atoms with E-state index in [1.54, 1.807) is 12.3 Å². The number of carbonyl (C=O) groups excluding carboxylic acids is 2. The summed E-state index contributed by atoms with van der Waals surface area (Å²) < 4.78 is 19.3. The van der Waals surface area contributed by atoms with E-state index in [2.05, 4.69) is 15.2 Å². The molecule has 1 aromatic carbocycles. The van der Waals surface area contributed by atoms with Crippen LogP contribution >= 0.6 is 22.9 Å². The summed E-state index contributed by atoms with van der Waals surface area (Å²) in [6, 6.07) is 3.34. The van der Waals surface area contributed by atoms with Crippen molar-refractivity contribution in [3.05, 3.63) is 62.3 Å². The van der Waals surface area contributed by atoms with Gasteiger partial charge in [0.1, 0.15) is 16.9 Å². The van der Waals surface area contributed by atoms with Crippen molar-refractivity contribution in [1.29, 1.82) is 0 Å². The predicted octanol–water partition coefficient (Wildman–Crippen LogP) is 3.23. The summed E-state index contributed by atoms with van der Waals surface area (Å²) in [5, 5.41) is 6.30. The van der Waals surface area contributed by atoms with Crippen molar-refractivity contribution < 1.29 is 18.7 Å². The van der Waals surface area contributed by atoms with Crippen LogP contribution in [0.25, 0.3) is 0 Å². The Kier molecular flexibility index (Phi) is 7.71. The van der Waals surface area contributed by atoms with Crippen LogP contribution in [0, 0.1) is 5.82 Å². The van der Waals surface area contributed by atoms with Crippen molar-refractivity contribution in [2.24, 2.45) is 4.99 Å². The van der Waals surface area contributed by atoms with E-state index in [1.165, 1.54) is 30.6 Å². The van der Waals surface area contributed by atoms with Crippen LogP contribution in [0.2, 0.25) is 5.02 Å². The highest BCUT2D eigenvalue weighted by molar-refractivity contribution is 7.11. The molecule has 1 aromatic heterocycles. The molecular weight excluding hydrogens is 517 g/mol. The SMILES string of the molecule is COC(=O)C1=C(CN2CCN3C(=O)CCC3C2)[C@@H](C)NCC(c2nccs2)=N[C@H]1c1ccc(F)cc1Cl. The zero-order valence-corrected chi connectivity index (χ0v) is 22.3. The summed E-state index contributed by atoms with van der Waals surface area (Å²) in [6.07, 6.45) is 3.15. The van der Waals surface area contributed by atoms with E-state index >= 15 is 0 Å². The Labute approximate surface area is 224 Å². The number of carbonyl (C=O) groups is 2. The molecule has 8 nitrogen and oxygen atoms in total. The van der Waals surface area contributed by atoms with Crippen LogP contribution in [-0.4, -0.2) is 84.3 Å². The maximum Gasteiger partial charge on any atom is 0.336 e. The number of thiazole rings is 1. The van der Waals surface area contributed by atoms with Crippen LogP contribution in [0.4, 0.5) is 4.39 Å². The lowest BCUT2D eigenvalue weighted by Gasteiger charge is -2.39. The minimum Gasteiger partial charge on any atom is -0.466 e. The quantitative estimate of drug-likeness (QED) is 0.581. The van der Waals surface area contributed by atoms with E-state index in [0.717, 1.165) is 23.5 Å². The van der Waals surface area contributed by atoms with Crippen LogP contribution in [0.3, 0.4) is 0 Å². The number of hydrogen-bond donors (Lipinski definition) is 1. The number of nitrogens with one attached hydrogen (secondary N) is 1. The highest BCUT2D eigenvalue weighted by Gasteiger charge is 2.38. The number of hydrogen-bond acceptors (Lipinski definition) is 8. The maximum atomic E-state index is 14.0. The van der Waals surface area contributed by atoms with Gasteiger partial charge in [-0.05, 0) is 31.1 Å². The fraction of sp³-hybridized carbons (Fsp3) is 0.462. The lowest BCUT2D eigenvalue weighted by molar-refractivity contribution is -0.136. The average molecular weight is 546 g/mol. The number of nitrogens with zero attached hydrogens (tertiary/aromatic N) is 4. The normalized spacial score (nSPS) is 25.0. The van der Waals surface area contributed by atoms with Gasteiger partial charge in [-0.25, -0.2) is 14.2 Å². The van der Waals surface area contributed by atoms with Gasteiger partial charge in [0, 0.05) is 73.4 Å². The summed E-state index contributed by atoms with van der Waals surface area (Å²) in [6.45, 7) is 5.09. The zero-order valence-electron chi connectivity index (χ0n) is 20.7. The number of esters is 1. The average Bonchev–Trinajstić information content (AvgIpc) is 3.54. The van der Waals surface area contributed by atoms with Crippen molar-refractivity contribution in [3.8, 4) is 0 Å². The fourth-order valence-corrected chi connectivity index (χ4v) is 6.28. The maximum absolute atomic E-state index is 14.0. The lowest BCUT2D eigenvalue weighted by atomic mass is 9.89. The van der Waals surface area contributed by atoms with Crippen LogP contribution in [0.15, 0.2) is 45.9 Å². The van der Waals surface area contributed by atoms with Crippen LogP contribution in [-0.2, 0) is 14.3 Å². The molecule has 196 valence electrons. The first kappa shape index (κ1) is 26.0.